The van der Waals surface area contributed by atoms with E-state index in [-0.39, 0.29) is 17.2 Å². The maximum absolute atomic E-state index is 13.9. The van der Waals surface area contributed by atoms with Crippen LogP contribution in [0.25, 0.3) is 10.8 Å². The van der Waals surface area contributed by atoms with Gasteiger partial charge in [-0.05, 0) is 30.5 Å². The van der Waals surface area contributed by atoms with Gasteiger partial charge in [0.15, 0.2) is 0 Å². The number of hydrogen-bond donors (Lipinski definition) is 2. The van der Waals surface area contributed by atoms with Crippen LogP contribution in [-0.2, 0) is 0 Å². The number of rotatable bonds is 7. The van der Waals surface area contributed by atoms with E-state index in [1.54, 1.807) is 4.90 Å². The predicted octanol–water partition coefficient (Wildman–Crippen LogP) is 4.59. The summed E-state index contributed by atoms with van der Waals surface area (Å²) in [5.74, 6) is -1.70. The molecular weight excluding hydrogens is 427 g/mol. The van der Waals surface area contributed by atoms with Gasteiger partial charge >= 0.3 is 5.69 Å². The van der Waals surface area contributed by atoms with E-state index in [0.29, 0.717) is 6.54 Å². The molecule has 0 aliphatic rings. The van der Waals surface area contributed by atoms with Crippen molar-refractivity contribution < 1.29 is 14.1 Å². The van der Waals surface area contributed by atoms with Crippen molar-refractivity contribution in [2.45, 2.75) is 6.92 Å². The topological polar surface area (TPSA) is 113 Å². The Morgan fingerprint density at radius 2 is 1.79 bits per heavy atom. The molecule has 0 bridgehead atoms. The van der Waals surface area contributed by atoms with Crippen LogP contribution in [0.15, 0.2) is 73.1 Å². The molecule has 0 aliphatic carbocycles. The number of fused-ring (bicyclic) bond motifs is 1. The molecule has 4 rings (SSSR count). The zero-order valence-electron chi connectivity index (χ0n) is 17.5. The van der Waals surface area contributed by atoms with Crippen molar-refractivity contribution in [3.8, 4) is 0 Å². The number of hydrazine groups is 1. The third-order valence-electron chi connectivity index (χ3n) is 5.03. The van der Waals surface area contributed by atoms with Gasteiger partial charge in [0, 0.05) is 11.9 Å². The van der Waals surface area contributed by atoms with Crippen LogP contribution in [0.5, 0.6) is 0 Å². The number of nitro groups is 1. The van der Waals surface area contributed by atoms with Crippen molar-refractivity contribution in [1.29, 1.82) is 0 Å². The number of carbonyl (C=O) groups is 1. The predicted molar refractivity (Wildman–Crippen MR) is 123 cm³/mol. The van der Waals surface area contributed by atoms with Gasteiger partial charge in [-0.15, -0.1) is 0 Å². The molecule has 0 radical (unpaired) electrons. The second-order valence-corrected chi connectivity index (χ2v) is 6.95. The number of benzene rings is 3. The van der Waals surface area contributed by atoms with Crippen LogP contribution < -0.4 is 15.8 Å². The minimum Gasteiger partial charge on any atom is -0.320 e. The summed E-state index contributed by atoms with van der Waals surface area (Å²) in [4.78, 5) is 33.5. The molecule has 1 heterocycles. The Morgan fingerprint density at radius 3 is 2.55 bits per heavy atom. The first-order chi connectivity index (χ1) is 16.0. The number of nitrogens with zero attached hydrogens (tertiary/aromatic N) is 4. The standard InChI is InChI=1S/C23H19FN6O3/c1-2-29(19-13-7-9-15-8-3-4-10-16(15)19)22-20(30(32)33)21(25-14-26-22)27-28-23(31)17-11-5-6-12-18(17)24/h3-14H,2H2,1H3,(H,28,31)(H,25,26,27). The van der Waals surface area contributed by atoms with E-state index >= 15 is 0 Å². The fraction of sp³-hybridized carbons (Fsp3) is 0.0870. The summed E-state index contributed by atoms with van der Waals surface area (Å²) >= 11 is 0. The highest BCUT2D eigenvalue weighted by molar-refractivity contribution is 5.97. The maximum Gasteiger partial charge on any atom is 0.355 e. The van der Waals surface area contributed by atoms with Crippen LogP contribution in [-0.4, -0.2) is 27.3 Å². The molecule has 10 heteroatoms. The highest BCUT2D eigenvalue weighted by Gasteiger charge is 2.28. The number of amides is 1. The number of anilines is 3. The van der Waals surface area contributed by atoms with E-state index in [2.05, 4.69) is 20.8 Å². The van der Waals surface area contributed by atoms with Gasteiger partial charge in [-0.2, -0.15) is 0 Å². The van der Waals surface area contributed by atoms with Crippen molar-refractivity contribution in [2.24, 2.45) is 0 Å². The highest BCUT2D eigenvalue weighted by Crippen LogP contribution is 2.38. The third kappa shape index (κ3) is 4.26. The average molecular weight is 446 g/mol. The summed E-state index contributed by atoms with van der Waals surface area (Å²) < 4.78 is 13.9. The Bertz CT molecular complexity index is 1340. The smallest absolute Gasteiger partial charge is 0.320 e. The van der Waals surface area contributed by atoms with Crippen molar-refractivity contribution in [3.05, 3.63) is 94.6 Å². The van der Waals surface area contributed by atoms with Gasteiger partial charge in [0.2, 0.25) is 11.6 Å². The van der Waals surface area contributed by atoms with Crippen LogP contribution in [0.4, 0.5) is 27.4 Å². The van der Waals surface area contributed by atoms with E-state index in [0.717, 1.165) is 28.9 Å². The first kappa shape index (κ1) is 21.6. The van der Waals surface area contributed by atoms with Gasteiger partial charge in [-0.25, -0.2) is 14.4 Å². The molecule has 0 unspecified atom stereocenters. The largest absolute Gasteiger partial charge is 0.355 e. The highest BCUT2D eigenvalue weighted by atomic mass is 19.1. The fourth-order valence-electron chi connectivity index (χ4n) is 3.53. The molecule has 0 spiro atoms. The van der Waals surface area contributed by atoms with Crippen LogP contribution >= 0.6 is 0 Å². The molecular formula is C23H19FN6O3. The van der Waals surface area contributed by atoms with Crippen LogP contribution in [0.1, 0.15) is 17.3 Å². The summed E-state index contributed by atoms with van der Waals surface area (Å²) in [7, 11) is 0. The molecule has 4 aromatic rings. The minimum atomic E-state index is -0.802. The van der Waals surface area contributed by atoms with E-state index in [4.69, 9.17) is 0 Å². The van der Waals surface area contributed by atoms with Crippen LogP contribution in [0.3, 0.4) is 0 Å². The number of aromatic nitrogens is 2. The quantitative estimate of drug-likeness (QED) is 0.315. The molecule has 0 saturated heterocycles. The summed E-state index contributed by atoms with van der Waals surface area (Å²) in [5.41, 5.74) is 4.80. The van der Waals surface area contributed by atoms with Crippen LogP contribution in [0.2, 0.25) is 0 Å². The molecule has 166 valence electrons. The lowest BCUT2D eigenvalue weighted by Gasteiger charge is -2.24. The van der Waals surface area contributed by atoms with Crippen molar-refractivity contribution in [1.82, 2.24) is 15.4 Å². The molecule has 33 heavy (non-hydrogen) atoms. The normalized spacial score (nSPS) is 10.6. The lowest BCUT2D eigenvalue weighted by molar-refractivity contribution is -0.383. The first-order valence-electron chi connectivity index (χ1n) is 10.1. The Morgan fingerprint density at radius 1 is 1.06 bits per heavy atom. The second-order valence-electron chi connectivity index (χ2n) is 6.95. The third-order valence-corrected chi connectivity index (χ3v) is 5.03. The molecule has 0 aliphatic heterocycles. The van der Waals surface area contributed by atoms with Gasteiger partial charge in [0.1, 0.15) is 12.1 Å². The summed E-state index contributed by atoms with van der Waals surface area (Å²) in [5, 5.41) is 13.9. The Hall–Kier alpha value is -4.60. The molecule has 0 fully saturated rings. The minimum absolute atomic E-state index is 0.0523. The number of carbonyl (C=O) groups excluding carboxylic acids is 1. The summed E-state index contributed by atoms with van der Waals surface area (Å²) in [6.07, 6.45) is 1.16. The van der Waals surface area contributed by atoms with E-state index in [1.165, 1.54) is 18.2 Å². The second kappa shape index (κ2) is 9.27. The Kier molecular flexibility index (Phi) is 6.07. The Labute approximate surface area is 188 Å². The van der Waals surface area contributed by atoms with E-state index in [1.807, 2.05) is 49.4 Å². The summed E-state index contributed by atoms with van der Waals surface area (Å²) in [6, 6.07) is 18.7. The zero-order chi connectivity index (χ0) is 23.4. The zero-order valence-corrected chi connectivity index (χ0v) is 17.5. The van der Waals surface area contributed by atoms with Gasteiger partial charge in [0.25, 0.3) is 5.91 Å². The van der Waals surface area contributed by atoms with E-state index < -0.39 is 22.3 Å². The molecule has 3 aromatic carbocycles. The van der Waals surface area contributed by atoms with Gasteiger partial charge < -0.3 is 4.90 Å². The number of halogens is 1. The summed E-state index contributed by atoms with van der Waals surface area (Å²) in [6.45, 7) is 2.23. The average Bonchev–Trinajstić information content (AvgIpc) is 2.83. The SMILES string of the molecule is CCN(c1ncnc(NNC(=O)c2ccccc2F)c1[N+](=O)[O-])c1cccc2ccccc12. The Balaban J connectivity index is 1.72. The maximum atomic E-state index is 13.9. The first-order valence-corrected chi connectivity index (χ1v) is 10.1. The molecule has 9 nitrogen and oxygen atoms in total. The van der Waals surface area contributed by atoms with Gasteiger partial charge in [0.05, 0.1) is 16.2 Å². The lowest BCUT2D eigenvalue weighted by Crippen LogP contribution is -2.31. The molecule has 1 aromatic heterocycles. The number of hydrogen-bond acceptors (Lipinski definition) is 7. The van der Waals surface area contributed by atoms with Gasteiger partial charge in [-0.3, -0.25) is 25.8 Å². The molecule has 2 N–H and O–H groups in total. The molecule has 0 atom stereocenters. The van der Waals surface area contributed by atoms with Crippen molar-refractivity contribution in [2.75, 3.05) is 16.9 Å². The fourth-order valence-corrected chi connectivity index (χ4v) is 3.53. The molecule has 1 amide bonds. The van der Waals surface area contributed by atoms with Gasteiger partial charge in [-0.1, -0.05) is 48.5 Å². The van der Waals surface area contributed by atoms with Crippen molar-refractivity contribution >= 4 is 39.7 Å². The van der Waals surface area contributed by atoms with Crippen molar-refractivity contribution in [3.63, 3.8) is 0 Å². The monoisotopic (exact) mass is 446 g/mol. The number of nitrogens with one attached hydrogen (secondary N) is 2. The lowest BCUT2D eigenvalue weighted by atomic mass is 10.1. The molecule has 0 saturated carbocycles. The van der Waals surface area contributed by atoms with E-state index in [9.17, 15) is 19.3 Å². The van der Waals surface area contributed by atoms with Crippen LogP contribution in [0, 0.1) is 15.9 Å².